The number of sulfonamides is 1. The summed E-state index contributed by atoms with van der Waals surface area (Å²) in [7, 11) is -3.68. The van der Waals surface area contributed by atoms with Gasteiger partial charge in [-0.1, -0.05) is 30.3 Å². The fourth-order valence-electron chi connectivity index (χ4n) is 3.50. The van der Waals surface area contributed by atoms with Crippen molar-refractivity contribution in [2.45, 2.75) is 49.8 Å². The topological polar surface area (TPSA) is 92.8 Å². The van der Waals surface area contributed by atoms with Crippen LogP contribution in [0.2, 0.25) is 0 Å². The Morgan fingerprint density at radius 1 is 1.10 bits per heavy atom. The smallest absolute Gasteiger partial charge is 0.338 e. The predicted octanol–water partition coefficient (Wildman–Crippen LogP) is 2.26. The minimum Gasteiger partial charge on any atom is -0.449 e. The van der Waals surface area contributed by atoms with Gasteiger partial charge >= 0.3 is 5.97 Å². The third-order valence-electron chi connectivity index (χ3n) is 5.35. The van der Waals surface area contributed by atoms with Gasteiger partial charge in [-0.15, -0.1) is 0 Å². The van der Waals surface area contributed by atoms with Crippen molar-refractivity contribution in [3.05, 3.63) is 65.2 Å². The molecule has 8 heteroatoms. The first kappa shape index (κ1) is 20.6. The maximum absolute atomic E-state index is 12.8. The molecule has 2 aromatic carbocycles. The first-order chi connectivity index (χ1) is 14.3. The predicted molar refractivity (Wildman–Crippen MR) is 110 cm³/mol. The SMILES string of the molecule is CC(OC(=O)c1cccc(S(=O)(=O)NC2CC2)c1)C(=O)N1CCc2ccccc2C1. The minimum absolute atomic E-state index is 0.00969. The Bertz CT molecular complexity index is 1080. The molecular weight excluding hydrogens is 404 g/mol. The van der Waals surface area contributed by atoms with Gasteiger partial charge in [0.05, 0.1) is 10.5 Å². The Hall–Kier alpha value is -2.71. The van der Waals surface area contributed by atoms with E-state index in [0.717, 1.165) is 24.8 Å². The lowest BCUT2D eigenvalue weighted by molar-refractivity contribution is -0.140. The molecule has 2 aromatic rings. The fourth-order valence-corrected chi connectivity index (χ4v) is 4.85. The van der Waals surface area contributed by atoms with Crippen LogP contribution in [0.1, 0.15) is 41.3 Å². The number of carbonyl (C=O) groups is 2. The van der Waals surface area contributed by atoms with E-state index in [1.165, 1.54) is 36.8 Å². The summed E-state index contributed by atoms with van der Waals surface area (Å²) in [6.07, 6.45) is 1.44. The highest BCUT2D eigenvalue weighted by molar-refractivity contribution is 7.89. The van der Waals surface area contributed by atoms with Gasteiger partial charge in [-0.25, -0.2) is 17.9 Å². The Morgan fingerprint density at radius 2 is 1.83 bits per heavy atom. The molecular formula is C22H24N2O5S. The van der Waals surface area contributed by atoms with E-state index in [4.69, 9.17) is 4.74 Å². The number of hydrogen-bond acceptors (Lipinski definition) is 5. The number of fused-ring (bicyclic) bond motifs is 1. The van der Waals surface area contributed by atoms with Gasteiger partial charge in [0, 0.05) is 19.1 Å². The van der Waals surface area contributed by atoms with Crippen molar-refractivity contribution in [1.82, 2.24) is 9.62 Å². The van der Waals surface area contributed by atoms with E-state index in [2.05, 4.69) is 10.8 Å². The molecule has 158 valence electrons. The fraction of sp³-hybridized carbons (Fsp3) is 0.364. The van der Waals surface area contributed by atoms with Gasteiger partial charge in [0.1, 0.15) is 0 Å². The third kappa shape index (κ3) is 4.55. The molecule has 0 aromatic heterocycles. The second kappa shape index (κ2) is 8.20. The van der Waals surface area contributed by atoms with Crippen LogP contribution in [0.4, 0.5) is 0 Å². The maximum Gasteiger partial charge on any atom is 0.338 e. The molecule has 1 aliphatic heterocycles. The van der Waals surface area contributed by atoms with Gasteiger partial charge in [0.2, 0.25) is 10.0 Å². The van der Waals surface area contributed by atoms with E-state index in [1.807, 2.05) is 18.2 Å². The standard InChI is InChI=1S/C22H24N2O5S/c1-15(21(25)24-12-11-16-5-2-3-6-18(16)14-24)29-22(26)17-7-4-8-20(13-17)30(27,28)23-19-9-10-19/h2-8,13,15,19,23H,9-12,14H2,1H3. The summed E-state index contributed by atoms with van der Waals surface area (Å²) >= 11 is 0. The average molecular weight is 429 g/mol. The third-order valence-corrected chi connectivity index (χ3v) is 6.87. The number of carbonyl (C=O) groups excluding carboxylic acids is 2. The van der Waals surface area contributed by atoms with Crippen molar-refractivity contribution >= 4 is 21.9 Å². The number of hydrogen-bond donors (Lipinski definition) is 1. The summed E-state index contributed by atoms with van der Waals surface area (Å²) in [5, 5.41) is 0. The lowest BCUT2D eigenvalue weighted by Crippen LogP contribution is -2.42. The Balaban J connectivity index is 1.41. The van der Waals surface area contributed by atoms with Crippen molar-refractivity contribution in [3.63, 3.8) is 0 Å². The van der Waals surface area contributed by atoms with Crippen LogP contribution in [-0.4, -0.2) is 43.9 Å². The second-order valence-corrected chi connectivity index (χ2v) is 9.46. The minimum atomic E-state index is -3.68. The summed E-state index contributed by atoms with van der Waals surface area (Å²) < 4.78 is 32.7. The molecule has 1 aliphatic carbocycles. The second-order valence-electron chi connectivity index (χ2n) is 7.75. The first-order valence-electron chi connectivity index (χ1n) is 10.0. The first-order valence-corrected chi connectivity index (χ1v) is 11.5. The summed E-state index contributed by atoms with van der Waals surface area (Å²) in [6, 6.07) is 13.6. The summed E-state index contributed by atoms with van der Waals surface area (Å²) in [5.41, 5.74) is 2.41. The Kier molecular flexibility index (Phi) is 5.62. The van der Waals surface area contributed by atoms with E-state index in [-0.39, 0.29) is 22.4 Å². The normalized spacial score (nSPS) is 17.2. The molecule has 1 heterocycles. The van der Waals surface area contributed by atoms with Crippen LogP contribution >= 0.6 is 0 Å². The van der Waals surface area contributed by atoms with Crippen molar-refractivity contribution < 1.29 is 22.7 Å². The summed E-state index contributed by atoms with van der Waals surface area (Å²) in [6.45, 7) is 2.59. The zero-order valence-electron chi connectivity index (χ0n) is 16.7. The average Bonchev–Trinajstić information content (AvgIpc) is 3.56. The van der Waals surface area contributed by atoms with Crippen molar-refractivity contribution in [2.75, 3.05) is 6.54 Å². The molecule has 2 aliphatic rings. The zero-order valence-corrected chi connectivity index (χ0v) is 17.5. The Labute approximate surface area is 176 Å². The van der Waals surface area contributed by atoms with Crippen LogP contribution in [0.15, 0.2) is 53.4 Å². The molecule has 1 fully saturated rings. The maximum atomic E-state index is 12.8. The molecule has 1 saturated carbocycles. The van der Waals surface area contributed by atoms with Gasteiger partial charge in [0.25, 0.3) is 5.91 Å². The molecule has 4 rings (SSSR count). The van der Waals surface area contributed by atoms with Gasteiger partial charge in [-0.3, -0.25) is 4.79 Å². The monoisotopic (exact) mass is 428 g/mol. The van der Waals surface area contributed by atoms with Gasteiger partial charge in [-0.05, 0) is 55.5 Å². The van der Waals surface area contributed by atoms with Crippen LogP contribution in [-0.2, 0) is 32.5 Å². The molecule has 0 spiro atoms. The van der Waals surface area contributed by atoms with Crippen LogP contribution in [0.3, 0.4) is 0 Å². The number of benzene rings is 2. The molecule has 30 heavy (non-hydrogen) atoms. The molecule has 1 atom stereocenters. The number of nitrogens with zero attached hydrogens (tertiary/aromatic N) is 1. The number of amides is 1. The molecule has 0 bridgehead atoms. The quantitative estimate of drug-likeness (QED) is 0.713. The van der Waals surface area contributed by atoms with Crippen molar-refractivity contribution in [3.8, 4) is 0 Å². The van der Waals surface area contributed by atoms with Crippen LogP contribution in [0.25, 0.3) is 0 Å². The van der Waals surface area contributed by atoms with E-state index in [9.17, 15) is 18.0 Å². The molecule has 7 nitrogen and oxygen atoms in total. The Morgan fingerprint density at radius 3 is 2.57 bits per heavy atom. The van der Waals surface area contributed by atoms with Crippen LogP contribution < -0.4 is 4.72 Å². The molecule has 0 radical (unpaired) electrons. The zero-order chi connectivity index (χ0) is 21.3. The van der Waals surface area contributed by atoms with E-state index in [0.29, 0.717) is 13.1 Å². The van der Waals surface area contributed by atoms with Gasteiger partial charge in [0.15, 0.2) is 6.10 Å². The largest absolute Gasteiger partial charge is 0.449 e. The number of nitrogens with one attached hydrogen (secondary N) is 1. The highest BCUT2D eigenvalue weighted by Crippen LogP contribution is 2.23. The molecule has 0 saturated heterocycles. The number of esters is 1. The number of ether oxygens (including phenoxy) is 1. The van der Waals surface area contributed by atoms with Gasteiger partial charge in [-0.2, -0.15) is 0 Å². The molecule has 1 N–H and O–H groups in total. The van der Waals surface area contributed by atoms with E-state index in [1.54, 1.807) is 4.90 Å². The summed E-state index contributed by atoms with van der Waals surface area (Å²) in [5.74, 6) is -0.992. The van der Waals surface area contributed by atoms with Crippen LogP contribution in [0.5, 0.6) is 0 Å². The van der Waals surface area contributed by atoms with Crippen LogP contribution in [0, 0.1) is 0 Å². The molecule has 1 unspecified atom stereocenters. The highest BCUT2D eigenvalue weighted by atomic mass is 32.2. The lowest BCUT2D eigenvalue weighted by atomic mass is 9.99. The lowest BCUT2D eigenvalue weighted by Gasteiger charge is -2.30. The molecule has 1 amide bonds. The van der Waals surface area contributed by atoms with Crippen molar-refractivity contribution in [1.29, 1.82) is 0 Å². The summed E-state index contributed by atoms with van der Waals surface area (Å²) in [4.78, 5) is 27.0. The van der Waals surface area contributed by atoms with E-state index >= 15 is 0 Å². The van der Waals surface area contributed by atoms with Crippen molar-refractivity contribution in [2.24, 2.45) is 0 Å². The number of rotatable bonds is 6. The highest BCUT2D eigenvalue weighted by Gasteiger charge is 2.30. The van der Waals surface area contributed by atoms with Gasteiger partial charge < -0.3 is 9.64 Å². The van der Waals surface area contributed by atoms with E-state index < -0.39 is 22.1 Å².